The average Bonchev–Trinajstić information content (AvgIpc) is 2.98. The quantitative estimate of drug-likeness (QED) is 0.722. The number of carbonyl (C=O) groups is 1. The highest BCUT2D eigenvalue weighted by Gasteiger charge is 2.20. The molecule has 1 aromatic heterocycles. The first-order valence-electron chi connectivity index (χ1n) is 8.21. The van der Waals surface area contributed by atoms with E-state index in [4.69, 9.17) is 0 Å². The fourth-order valence-electron chi connectivity index (χ4n) is 3.01. The third kappa shape index (κ3) is 6.62. The van der Waals surface area contributed by atoms with Crippen molar-refractivity contribution in [3.05, 3.63) is 22.4 Å². The third-order valence-corrected chi connectivity index (χ3v) is 5.19. The van der Waals surface area contributed by atoms with Gasteiger partial charge in [-0.2, -0.15) is 0 Å². The van der Waals surface area contributed by atoms with Gasteiger partial charge in [0.05, 0.1) is 6.10 Å². The molecule has 0 bridgehead atoms. The molecule has 3 nitrogen and oxygen atoms in total. The molecule has 2 rings (SSSR count). The van der Waals surface area contributed by atoms with Crippen LogP contribution in [0.15, 0.2) is 17.5 Å². The molecular formula is C17H27NO2S. The lowest BCUT2D eigenvalue weighted by atomic mass is 9.87. The molecule has 118 valence electrons. The molecule has 2 unspecified atom stereocenters. The Morgan fingerprint density at radius 1 is 1.33 bits per heavy atom. The first kappa shape index (κ1) is 16.5. The highest BCUT2D eigenvalue weighted by Crippen LogP contribution is 2.23. The van der Waals surface area contributed by atoms with E-state index in [1.165, 1.54) is 11.3 Å². The van der Waals surface area contributed by atoms with Gasteiger partial charge in [0.15, 0.2) is 0 Å². The molecule has 21 heavy (non-hydrogen) atoms. The van der Waals surface area contributed by atoms with Gasteiger partial charge in [0, 0.05) is 17.8 Å². The predicted molar refractivity (Wildman–Crippen MR) is 87.5 cm³/mol. The molecule has 0 aromatic carbocycles. The minimum absolute atomic E-state index is 0.155. The normalized spacial score (nSPS) is 22.1. The highest BCUT2D eigenvalue weighted by molar-refractivity contribution is 7.09. The van der Waals surface area contributed by atoms with Crippen molar-refractivity contribution in [2.45, 2.75) is 63.9 Å². The lowest BCUT2D eigenvalue weighted by Gasteiger charge is -2.25. The van der Waals surface area contributed by atoms with Crippen molar-refractivity contribution >= 4 is 17.2 Å². The van der Waals surface area contributed by atoms with Crippen molar-refractivity contribution in [2.24, 2.45) is 5.92 Å². The van der Waals surface area contributed by atoms with Gasteiger partial charge in [-0.1, -0.05) is 18.9 Å². The van der Waals surface area contributed by atoms with E-state index in [1.807, 2.05) is 11.3 Å². The number of aliphatic hydroxyl groups is 1. The zero-order valence-corrected chi connectivity index (χ0v) is 13.5. The van der Waals surface area contributed by atoms with Crippen molar-refractivity contribution in [1.82, 2.24) is 5.32 Å². The summed E-state index contributed by atoms with van der Waals surface area (Å²) in [6.07, 6.45) is 8.88. The fourth-order valence-corrected chi connectivity index (χ4v) is 3.76. The zero-order chi connectivity index (χ0) is 14.9. The Kier molecular flexibility index (Phi) is 7.24. The third-order valence-electron chi connectivity index (χ3n) is 4.25. The monoisotopic (exact) mass is 309 g/mol. The van der Waals surface area contributed by atoms with Crippen LogP contribution in [0, 0.1) is 5.92 Å². The molecule has 1 aromatic rings. The minimum Gasteiger partial charge on any atom is -0.393 e. The second kappa shape index (κ2) is 9.21. The van der Waals surface area contributed by atoms with E-state index < -0.39 is 0 Å². The van der Waals surface area contributed by atoms with Crippen LogP contribution in [-0.4, -0.2) is 23.7 Å². The number of aryl methyl sites for hydroxylation is 1. The molecular weight excluding hydrogens is 282 g/mol. The fraction of sp³-hybridized carbons (Fsp3) is 0.706. The van der Waals surface area contributed by atoms with Crippen molar-refractivity contribution in [2.75, 3.05) is 6.54 Å². The van der Waals surface area contributed by atoms with Crippen LogP contribution in [0.3, 0.4) is 0 Å². The van der Waals surface area contributed by atoms with E-state index >= 15 is 0 Å². The summed E-state index contributed by atoms with van der Waals surface area (Å²) in [4.78, 5) is 13.2. The molecule has 1 heterocycles. The molecule has 0 aliphatic heterocycles. The molecule has 1 aliphatic carbocycles. The van der Waals surface area contributed by atoms with Gasteiger partial charge in [-0.3, -0.25) is 4.79 Å². The summed E-state index contributed by atoms with van der Waals surface area (Å²) >= 11 is 1.81. The number of nitrogens with one attached hydrogen (secondary N) is 1. The van der Waals surface area contributed by atoms with Gasteiger partial charge in [-0.25, -0.2) is 0 Å². The van der Waals surface area contributed by atoms with Crippen molar-refractivity contribution < 1.29 is 9.90 Å². The number of rotatable bonds is 8. The number of carbonyl (C=O) groups excluding carboxylic acids is 1. The van der Waals surface area contributed by atoms with Crippen molar-refractivity contribution in [3.8, 4) is 0 Å². The van der Waals surface area contributed by atoms with E-state index in [2.05, 4.69) is 22.8 Å². The van der Waals surface area contributed by atoms with E-state index in [9.17, 15) is 9.90 Å². The van der Waals surface area contributed by atoms with Gasteiger partial charge in [0.1, 0.15) is 0 Å². The molecule has 1 aliphatic rings. The van der Waals surface area contributed by atoms with E-state index in [-0.39, 0.29) is 12.0 Å². The summed E-state index contributed by atoms with van der Waals surface area (Å²) in [5.74, 6) is 0.641. The molecule has 4 heteroatoms. The summed E-state index contributed by atoms with van der Waals surface area (Å²) in [6, 6.07) is 4.27. The Hall–Kier alpha value is -0.870. The lowest BCUT2D eigenvalue weighted by molar-refractivity contribution is -0.121. The maximum absolute atomic E-state index is 11.8. The van der Waals surface area contributed by atoms with Crippen LogP contribution in [0.4, 0.5) is 0 Å². The zero-order valence-electron chi connectivity index (χ0n) is 12.7. The highest BCUT2D eigenvalue weighted by atomic mass is 32.1. The smallest absolute Gasteiger partial charge is 0.220 e. The Bertz CT molecular complexity index is 405. The summed E-state index contributed by atoms with van der Waals surface area (Å²) in [5, 5.41) is 14.8. The topological polar surface area (TPSA) is 49.3 Å². The molecule has 0 saturated heterocycles. The number of aliphatic hydroxyl groups excluding tert-OH is 1. The Balaban J connectivity index is 1.47. The van der Waals surface area contributed by atoms with E-state index in [0.29, 0.717) is 12.3 Å². The van der Waals surface area contributed by atoms with Crippen LogP contribution >= 0.6 is 11.3 Å². The van der Waals surface area contributed by atoms with Crippen LogP contribution in [0.1, 0.15) is 56.2 Å². The van der Waals surface area contributed by atoms with E-state index in [0.717, 1.165) is 51.5 Å². The molecule has 0 radical (unpaired) electrons. The summed E-state index contributed by atoms with van der Waals surface area (Å²) in [5.41, 5.74) is 0. The number of hydrogen-bond acceptors (Lipinski definition) is 3. The summed E-state index contributed by atoms with van der Waals surface area (Å²) < 4.78 is 0. The van der Waals surface area contributed by atoms with Crippen LogP contribution in [0.25, 0.3) is 0 Å². The minimum atomic E-state index is -0.155. The van der Waals surface area contributed by atoms with Gasteiger partial charge in [-0.05, 0) is 55.9 Å². The van der Waals surface area contributed by atoms with Gasteiger partial charge < -0.3 is 10.4 Å². The molecule has 1 amide bonds. The largest absolute Gasteiger partial charge is 0.393 e. The maximum Gasteiger partial charge on any atom is 0.220 e. The van der Waals surface area contributed by atoms with Crippen molar-refractivity contribution in [3.63, 3.8) is 0 Å². The Labute approximate surface area is 131 Å². The lowest BCUT2D eigenvalue weighted by Crippen LogP contribution is -2.32. The van der Waals surface area contributed by atoms with Crippen LogP contribution in [0.5, 0.6) is 0 Å². The second-order valence-corrected chi connectivity index (χ2v) is 7.16. The molecule has 0 spiro atoms. The molecule has 2 N–H and O–H groups in total. The summed E-state index contributed by atoms with van der Waals surface area (Å²) in [7, 11) is 0. The standard InChI is InChI=1S/C17H27NO2S/c19-15-7-4-6-14(12-15)13-18-17(20)10-3-1-2-8-16-9-5-11-21-16/h5,9,11,14-15,19H,1-4,6-8,10,12-13H2,(H,18,20). The van der Waals surface area contributed by atoms with Gasteiger partial charge in [0.25, 0.3) is 0 Å². The summed E-state index contributed by atoms with van der Waals surface area (Å²) in [6.45, 7) is 0.741. The Morgan fingerprint density at radius 2 is 2.24 bits per heavy atom. The van der Waals surface area contributed by atoms with E-state index in [1.54, 1.807) is 0 Å². The van der Waals surface area contributed by atoms with Crippen LogP contribution in [-0.2, 0) is 11.2 Å². The number of unbranched alkanes of at least 4 members (excludes halogenated alkanes) is 2. The SMILES string of the molecule is O=C(CCCCCc1cccs1)NCC1CCCC(O)C1. The molecule has 1 saturated carbocycles. The first-order chi connectivity index (χ1) is 10.2. The number of thiophene rings is 1. The first-order valence-corrected chi connectivity index (χ1v) is 9.09. The Morgan fingerprint density at radius 3 is 3.00 bits per heavy atom. The van der Waals surface area contributed by atoms with Crippen LogP contribution in [0.2, 0.25) is 0 Å². The van der Waals surface area contributed by atoms with Crippen LogP contribution < -0.4 is 5.32 Å². The molecule has 2 atom stereocenters. The van der Waals surface area contributed by atoms with Gasteiger partial charge in [0.2, 0.25) is 5.91 Å². The predicted octanol–water partition coefficient (Wildman–Crippen LogP) is 3.52. The number of amides is 1. The molecule has 1 fully saturated rings. The van der Waals surface area contributed by atoms with Gasteiger partial charge in [-0.15, -0.1) is 11.3 Å². The maximum atomic E-state index is 11.8. The van der Waals surface area contributed by atoms with Crippen molar-refractivity contribution in [1.29, 1.82) is 0 Å². The van der Waals surface area contributed by atoms with Gasteiger partial charge >= 0.3 is 0 Å². The number of hydrogen-bond donors (Lipinski definition) is 2. The second-order valence-electron chi connectivity index (χ2n) is 6.13. The average molecular weight is 309 g/mol.